The SMILES string of the molecule is CN(C)S(=O)(=O)N1CCCCC(NC(=O)c2cccn2C)C1. The van der Waals surface area contributed by atoms with E-state index in [1.165, 1.54) is 22.7 Å². The van der Waals surface area contributed by atoms with Gasteiger partial charge in [0.15, 0.2) is 0 Å². The molecule has 1 aromatic rings. The topological polar surface area (TPSA) is 74.7 Å². The first-order chi connectivity index (χ1) is 10.3. The highest BCUT2D eigenvalue weighted by atomic mass is 32.2. The van der Waals surface area contributed by atoms with Crippen molar-refractivity contribution < 1.29 is 13.2 Å². The van der Waals surface area contributed by atoms with Gasteiger partial charge in [-0.1, -0.05) is 6.42 Å². The minimum Gasteiger partial charge on any atom is -0.347 e. The van der Waals surface area contributed by atoms with Crippen molar-refractivity contribution in [1.82, 2.24) is 18.5 Å². The fraction of sp³-hybridized carbons (Fsp3) is 0.643. The number of hydrogen-bond acceptors (Lipinski definition) is 3. The summed E-state index contributed by atoms with van der Waals surface area (Å²) >= 11 is 0. The van der Waals surface area contributed by atoms with E-state index in [1.54, 1.807) is 10.6 Å². The molecule has 1 fully saturated rings. The molecule has 1 N–H and O–H groups in total. The van der Waals surface area contributed by atoms with Crippen LogP contribution in [0.2, 0.25) is 0 Å². The van der Waals surface area contributed by atoms with Gasteiger partial charge in [0.1, 0.15) is 5.69 Å². The molecule has 2 heterocycles. The van der Waals surface area contributed by atoms with Crippen LogP contribution >= 0.6 is 0 Å². The van der Waals surface area contributed by atoms with Gasteiger partial charge in [-0.25, -0.2) is 0 Å². The average molecular weight is 328 g/mol. The van der Waals surface area contributed by atoms with E-state index in [9.17, 15) is 13.2 Å². The Morgan fingerprint density at radius 2 is 2.09 bits per heavy atom. The number of hydrogen-bond donors (Lipinski definition) is 1. The Labute approximate surface area is 132 Å². The number of nitrogens with one attached hydrogen (secondary N) is 1. The van der Waals surface area contributed by atoms with Gasteiger partial charge in [-0.05, 0) is 25.0 Å². The molecule has 0 saturated carbocycles. The van der Waals surface area contributed by atoms with Crippen LogP contribution in [-0.4, -0.2) is 60.7 Å². The minimum atomic E-state index is -3.44. The Balaban J connectivity index is 2.08. The van der Waals surface area contributed by atoms with Crippen LogP contribution < -0.4 is 5.32 Å². The first-order valence-corrected chi connectivity index (χ1v) is 8.82. The van der Waals surface area contributed by atoms with Crippen molar-refractivity contribution in [3.8, 4) is 0 Å². The molecule has 1 amide bonds. The number of rotatable bonds is 4. The molecule has 0 radical (unpaired) electrons. The Hall–Kier alpha value is -1.38. The maximum atomic E-state index is 12.3. The van der Waals surface area contributed by atoms with Gasteiger partial charge in [0.2, 0.25) is 0 Å². The number of nitrogens with zero attached hydrogens (tertiary/aromatic N) is 3. The molecule has 1 aliphatic heterocycles. The highest BCUT2D eigenvalue weighted by molar-refractivity contribution is 7.86. The second kappa shape index (κ2) is 6.80. The third-order valence-electron chi connectivity index (χ3n) is 3.93. The van der Waals surface area contributed by atoms with Gasteiger partial charge in [-0.2, -0.15) is 17.0 Å². The zero-order valence-corrected chi connectivity index (χ0v) is 14.1. The highest BCUT2D eigenvalue weighted by Gasteiger charge is 2.29. The molecule has 22 heavy (non-hydrogen) atoms. The molecule has 0 aliphatic carbocycles. The Morgan fingerprint density at radius 3 is 2.68 bits per heavy atom. The van der Waals surface area contributed by atoms with Gasteiger partial charge in [-0.3, -0.25) is 4.79 Å². The molecule has 0 bridgehead atoms. The van der Waals surface area contributed by atoms with E-state index < -0.39 is 10.2 Å². The van der Waals surface area contributed by atoms with E-state index in [2.05, 4.69) is 5.32 Å². The van der Waals surface area contributed by atoms with Crippen LogP contribution in [0.3, 0.4) is 0 Å². The number of aromatic nitrogens is 1. The third-order valence-corrected chi connectivity index (χ3v) is 5.84. The summed E-state index contributed by atoms with van der Waals surface area (Å²) in [5, 5.41) is 2.96. The van der Waals surface area contributed by atoms with Crippen LogP contribution in [0, 0.1) is 0 Å². The highest BCUT2D eigenvalue weighted by Crippen LogP contribution is 2.16. The lowest BCUT2D eigenvalue weighted by Gasteiger charge is -2.27. The lowest BCUT2D eigenvalue weighted by molar-refractivity contribution is 0.0923. The summed E-state index contributed by atoms with van der Waals surface area (Å²) in [6, 6.07) is 3.39. The molecule has 1 saturated heterocycles. The fourth-order valence-corrected chi connectivity index (χ4v) is 3.81. The summed E-state index contributed by atoms with van der Waals surface area (Å²) in [6.45, 7) is 0.813. The van der Waals surface area contributed by atoms with Gasteiger partial charge in [-0.15, -0.1) is 0 Å². The number of carbonyl (C=O) groups excluding carboxylic acids is 1. The van der Waals surface area contributed by atoms with E-state index in [1.807, 2.05) is 19.3 Å². The largest absolute Gasteiger partial charge is 0.347 e. The van der Waals surface area contributed by atoms with Gasteiger partial charge in [0.05, 0.1) is 0 Å². The van der Waals surface area contributed by atoms with Gasteiger partial charge < -0.3 is 9.88 Å². The number of aryl methyl sites for hydroxylation is 1. The monoisotopic (exact) mass is 328 g/mol. The Kier molecular flexibility index (Phi) is 5.25. The molecule has 7 nitrogen and oxygen atoms in total. The summed E-state index contributed by atoms with van der Waals surface area (Å²) in [5.41, 5.74) is 0.575. The zero-order chi connectivity index (χ0) is 16.3. The van der Waals surface area contributed by atoms with E-state index >= 15 is 0 Å². The van der Waals surface area contributed by atoms with Crippen molar-refractivity contribution in [3.05, 3.63) is 24.0 Å². The zero-order valence-electron chi connectivity index (χ0n) is 13.3. The summed E-state index contributed by atoms with van der Waals surface area (Å²) in [5.74, 6) is -0.165. The summed E-state index contributed by atoms with van der Waals surface area (Å²) in [6.07, 6.45) is 4.31. The summed E-state index contributed by atoms with van der Waals surface area (Å²) in [4.78, 5) is 12.3. The molecule has 1 atom stereocenters. The normalized spacial score (nSPS) is 20.8. The standard InChI is InChI=1S/C14H24N4O3S/c1-16(2)22(20,21)18-10-5-4-7-12(11-18)15-14(19)13-8-6-9-17(13)3/h6,8-9,12H,4-5,7,10-11H2,1-3H3,(H,15,19). The van der Waals surface area contributed by atoms with Crippen LogP contribution in [0.5, 0.6) is 0 Å². The van der Waals surface area contributed by atoms with E-state index in [0.29, 0.717) is 18.8 Å². The maximum absolute atomic E-state index is 12.3. The first kappa shape index (κ1) is 17.0. The summed E-state index contributed by atoms with van der Waals surface area (Å²) < 4.78 is 29.0. The van der Waals surface area contributed by atoms with Gasteiger partial charge >= 0.3 is 0 Å². The molecule has 2 rings (SSSR count). The smallest absolute Gasteiger partial charge is 0.281 e. The van der Waals surface area contributed by atoms with Crippen LogP contribution in [0.1, 0.15) is 29.8 Å². The van der Waals surface area contributed by atoms with Gasteiger partial charge in [0.25, 0.3) is 16.1 Å². The second-order valence-electron chi connectivity index (χ2n) is 5.82. The molecule has 0 aromatic carbocycles. The van der Waals surface area contributed by atoms with Crippen molar-refractivity contribution in [2.75, 3.05) is 27.2 Å². The molecule has 1 aliphatic rings. The van der Waals surface area contributed by atoms with Crippen LogP contribution in [0.4, 0.5) is 0 Å². The summed E-state index contributed by atoms with van der Waals surface area (Å²) in [7, 11) is 1.42. The Bertz CT molecular complexity index is 624. The van der Waals surface area contributed by atoms with Crippen molar-refractivity contribution >= 4 is 16.1 Å². The lowest BCUT2D eigenvalue weighted by atomic mass is 10.1. The van der Waals surface area contributed by atoms with E-state index in [4.69, 9.17) is 0 Å². The molecule has 1 aromatic heterocycles. The minimum absolute atomic E-state index is 0.165. The van der Waals surface area contributed by atoms with Crippen molar-refractivity contribution in [3.63, 3.8) is 0 Å². The fourth-order valence-electron chi connectivity index (χ4n) is 2.62. The number of carbonyl (C=O) groups is 1. The molecule has 1 unspecified atom stereocenters. The Morgan fingerprint density at radius 1 is 1.36 bits per heavy atom. The predicted octanol–water partition coefficient (Wildman–Crippen LogP) is 0.416. The molecule has 8 heteroatoms. The second-order valence-corrected chi connectivity index (χ2v) is 7.96. The van der Waals surface area contributed by atoms with Crippen LogP contribution in [-0.2, 0) is 17.3 Å². The van der Waals surface area contributed by atoms with Crippen molar-refractivity contribution in [2.24, 2.45) is 7.05 Å². The maximum Gasteiger partial charge on any atom is 0.281 e. The molecule has 124 valence electrons. The lowest BCUT2D eigenvalue weighted by Crippen LogP contribution is -2.47. The van der Waals surface area contributed by atoms with Crippen LogP contribution in [0.25, 0.3) is 0 Å². The third kappa shape index (κ3) is 3.68. The van der Waals surface area contributed by atoms with Crippen molar-refractivity contribution in [2.45, 2.75) is 25.3 Å². The molecular formula is C14H24N4O3S. The quantitative estimate of drug-likeness (QED) is 0.870. The molecular weight excluding hydrogens is 304 g/mol. The van der Waals surface area contributed by atoms with Crippen molar-refractivity contribution in [1.29, 1.82) is 0 Å². The van der Waals surface area contributed by atoms with E-state index in [0.717, 1.165) is 19.3 Å². The predicted molar refractivity (Wildman–Crippen MR) is 84.7 cm³/mol. The average Bonchev–Trinajstić information content (AvgIpc) is 2.73. The van der Waals surface area contributed by atoms with Crippen LogP contribution in [0.15, 0.2) is 18.3 Å². The van der Waals surface area contributed by atoms with E-state index in [-0.39, 0.29) is 11.9 Å². The number of amides is 1. The first-order valence-electron chi connectivity index (χ1n) is 7.42. The molecule has 0 spiro atoms. The van der Waals surface area contributed by atoms with Gasteiger partial charge in [0, 0.05) is 46.5 Å².